The Balaban J connectivity index is 1.21. The van der Waals surface area contributed by atoms with Gasteiger partial charge in [-0.1, -0.05) is 24.3 Å². The van der Waals surface area contributed by atoms with E-state index < -0.39 is 0 Å². The summed E-state index contributed by atoms with van der Waals surface area (Å²) in [5.74, 6) is 3.40. The van der Waals surface area contributed by atoms with Crippen molar-refractivity contribution in [3.05, 3.63) is 60.7 Å². The van der Waals surface area contributed by atoms with Crippen LogP contribution in [0.15, 0.2) is 60.7 Å². The van der Waals surface area contributed by atoms with Gasteiger partial charge >= 0.3 is 0 Å². The standard InChI is InChI=1S/C32H40N6O2/c1-37(2)17-5-7-19-39-25-13-15-27-29(21-25)35-31(33-27)23-9-11-24(12-10-23)32-34-28-16-14-26(22-30(28)36-32)40-20-8-6-18-38(3)4/h9-16,21-22H,5-8,17-20H2,1-4H3,(H,33,35)(H,34,36). The maximum Gasteiger partial charge on any atom is 0.138 e. The third-order valence-electron chi connectivity index (χ3n) is 6.88. The van der Waals surface area contributed by atoms with Crippen molar-refractivity contribution in [2.24, 2.45) is 0 Å². The van der Waals surface area contributed by atoms with Gasteiger partial charge in [0.05, 0.1) is 35.3 Å². The lowest BCUT2D eigenvalue weighted by molar-refractivity contribution is 0.293. The molecule has 0 aliphatic heterocycles. The highest BCUT2D eigenvalue weighted by molar-refractivity contribution is 5.82. The molecule has 0 bridgehead atoms. The third kappa shape index (κ3) is 7.20. The van der Waals surface area contributed by atoms with Crippen molar-refractivity contribution in [2.75, 3.05) is 54.5 Å². The Labute approximate surface area is 236 Å². The molecule has 0 spiro atoms. The van der Waals surface area contributed by atoms with E-state index >= 15 is 0 Å². The number of aromatic nitrogens is 4. The first kappa shape index (κ1) is 27.7. The van der Waals surface area contributed by atoms with Gasteiger partial charge in [-0.25, -0.2) is 9.97 Å². The molecule has 0 fully saturated rings. The number of unbranched alkanes of at least 4 members (excludes halogenated alkanes) is 2. The van der Waals surface area contributed by atoms with Crippen LogP contribution in [0.2, 0.25) is 0 Å². The third-order valence-corrected chi connectivity index (χ3v) is 6.88. The van der Waals surface area contributed by atoms with Crippen molar-refractivity contribution < 1.29 is 9.47 Å². The molecule has 0 amide bonds. The number of aromatic amines is 2. The summed E-state index contributed by atoms with van der Waals surface area (Å²) in [5, 5.41) is 0. The minimum Gasteiger partial charge on any atom is -0.494 e. The molecular weight excluding hydrogens is 500 g/mol. The van der Waals surface area contributed by atoms with Gasteiger partial charge in [-0.05, 0) is 91.2 Å². The quantitative estimate of drug-likeness (QED) is 0.163. The second kappa shape index (κ2) is 13.0. The zero-order valence-electron chi connectivity index (χ0n) is 24.0. The number of nitrogens with one attached hydrogen (secondary N) is 2. The number of nitrogens with zero attached hydrogens (tertiary/aromatic N) is 4. The van der Waals surface area contributed by atoms with Crippen LogP contribution in [0.25, 0.3) is 44.8 Å². The molecule has 40 heavy (non-hydrogen) atoms. The molecule has 0 aliphatic rings. The second-order valence-corrected chi connectivity index (χ2v) is 10.8. The Kier molecular flexibility index (Phi) is 8.98. The second-order valence-electron chi connectivity index (χ2n) is 10.8. The van der Waals surface area contributed by atoms with Crippen LogP contribution in [0.5, 0.6) is 11.5 Å². The topological polar surface area (TPSA) is 82.3 Å². The van der Waals surface area contributed by atoms with E-state index in [-0.39, 0.29) is 0 Å². The van der Waals surface area contributed by atoms with Gasteiger partial charge in [-0.15, -0.1) is 0 Å². The van der Waals surface area contributed by atoms with Gasteiger partial charge in [0.25, 0.3) is 0 Å². The van der Waals surface area contributed by atoms with E-state index in [0.29, 0.717) is 0 Å². The first-order chi connectivity index (χ1) is 19.4. The number of ether oxygens (including phenoxy) is 2. The molecule has 0 atom stereocenters. The largest absolute Gasteiger partial charge is 0.494 e. The highest BCUT2D eigenvalue weighted by Gasteiger charge is 2.10. The summed E-state index contributed by atoms with van der Waals surface area (Å²) in [4.78, 5) is 20.9. The van der Waals surface area contributed by atoms with E-state index in [1.54, 1.807) is 0 Å². The molecule has 5 aromatic rings. The molecule has 0 aliphatic carbocycles. The molecule has 5 rings (SSSR count). The van der Waals surface area contributed by atoms with Gasteiger partial charge < -0.3 is 29.2 Å². The molecule has 2 heterocycles. The zero-order valence-corrected chi connectivity index (χ0v) is 24.0. The van der Waals surface area contributed by atoms with Gasteiger partial charge in [-0.2, -0.15) is 0 Å². The zero-order chi connectivity index (χ0) is 27.9. The van der Waals surface area contributed by atoms with Crippen LogP contribution in [0.3, 0.4) is 0 Å². The predicted molar refractivity (Wildman–Crippen MR) is 163 cm³/mol. The Morgan fingerprint density at radius 3 is 1.40 bits per heavy atom. The van der Waals surface area contributed by atoms with E-state index in [2.05, 4.69) is 72.2 Å². The lowest BCUT2D eigenvalue weighted by atomic mass is 10.1. The SMILES string of the molecule is CN(C)CCCCOc1ccc2nc(-c3ccc(-c4nc5ccc(OCCCCN(C)C)cc5[nH]4)cc3)[nH]c2c1. The highest BCUT2D eigenvalue weighted by Crippen LogP contribution is 2.28. The maximum absolute atomic E-state index is 5.96. The molecule has 2 N–H and O–H groups in total. The van der Waals surface area contributed by atoms with Crippen LogP contribution in [0, 0.1) is 0 Å². The smallest absolute Gasteiger partial charge is 0.138 e. The Bertz CT molecular complexity index is 1410. The summed E-state index contributed by atoms with van der Waals surface area (Å²) >= 11 is 0. The molecule has 8 heteroatoms. The van der Waals surface area contributed by atoms with Crippen LogP contribution in [-0.4, -0.2) is 84.2 Å². The molecule has 210 valence electrons. The lowest BCUT2D eigenvalue weighted by Gasteiger charge is -2.09. The number of imidazole rings is 2. The van der Waals surface area contributed by atoms with Gasteiger partial charge in [0, 0.05) is 23.3 Å². The first-order valence-electron chi connectivity index (χ1n) is 14.1. The van der Waals surface area contributed by atoms with Crippen LogP contribution in [0.4, 0.5) is 0 Å². The molecular formula is C32H40N6O2. The Morgan fingerprint density at radius 1 is 0.575 bits per heavy atom. The maximum atomic E-state index is 5.96. The normalized spacial score (nSPS) is 11.8. The van der Waals surface area contributed by atoms with Crippen molar-refractivity contribution in [1.29, 1.82) is 0 Å². The molecule has 0 radical (unpaired) electrons. The van der Waals surface area contributed by atoms with Gasteiger partial charge in [-0.3, -0.25) is 0 Å². The van der Waals surface area contributed by atoms with Gasteiger partial charge in [0.15, 0.2) is 0 Å². The van der Waals surface area contributed by atoms with E-state index in [1.807, 2.05) is 36.4 Å². The monoisotopic (exact) mass is 540 g/mol. The number of fused-ring (bicyclic) bond motifs is 2. The first-order valence-corrected chi connectivity index (χ1v) is 14.1. The van der Waals surface area contributed by atoms with Crippen molar-refractivity contribution in [3.8, 4) is 34.3 Å². The average Bonchev–Trinajstić information content (AvgIpc) is 3.56. The summed E-state index contributed by atoms with van der Waals surface area (Å²) in [6.45, 7) is 3.59. The Morgan fingerprint density at radius 2 is 1.00 bits per heavy atom. The molecule has 3 aromatic carbocycles. The number of benzene rings is 3. The number of H-pyrrole nitrogens is 2. The van der Waals surface area contributed by atoms with Crippen LogP contribution in [0.1, 0.15) is 25.7 Å². The summed E-state index contributed by atoms with van der Waals surface area (Å²) in [5.41, 5.74) is 5.83. The van der Waals surface area contributed by atoms with Crippen molar-refractivity contribution in [2.45, 2.75) is 25.7 Å². The minimum atomic E-state index is 0.717. The van der Waals surface area contributed by atoms with Gasteiger partial charge in [0.1, 0.15) is 23.1 Å². The van der Waals surface area contributed by atoms with Crippen molar-refractivity contribution in [1.82, 2.24) is 29.7 Å². The molecule has 0 unspecified atom stereocenters. The number of rotatable bonds is 14. The van der Waals surface area contributed by atoms with Gasteiger partial charge in [0.2, 0.25) is 0 Å². The fourth-order valence-electron chi connectivity index (χ4n) is 4.66. The van der Waals surface area contributed by atoms with Crippen molar-refractivity contribution >= 4 is 22.1 Å². The predicted octanol–water partition coefficient (Wildman–Crippen LogP) is 6.21. The van der Waals surface area contributed by atoms with Crippen LogP contribution < -0.4 is 9.47 Å². The summed E-state index contributed by atoms with van der Waals surface area (Å²) < 4.78 is 11.9. The fraction of sp³-hybridized carbons (Fsp3) is 0.375. The number of hydrogen-bond donors (Lipinski definition) is 2. The molecule has 0 saturated heterocycles. The minimum absolute atomic E-state index is 0.717. The summed E-state index contributed by atoms with van der Waals surface area (Å²) in [6, 6.07) is 20.4. The van der Waals surface area contributed by atoms with Crippen LogP contribution >= 0.6 is 0 Å². The fourth-order valence-corrected chi connectivity index (χ4v) is 4.66. The molecule has 0 saturated carbocycles. The Hall–Kier alpha value is -3.88. The lowest BCUT2D eigenvalue weighted by Crippen LogP contribution is -2.13. The average molecular weight is 541 g/mol. The molecule has 2 aromatic heterocycles. The summed E-state index contributed by atoms with van der Waals surface area (Å²) in [6.07, 6.45) is 4.32. The van der Waals surface area contributed by atoms with E-state index in [9.17, 15) is 0 Å². The summed E-state index contributed by atoms with van der Waals surface area (Å²) in [7, 11) is 8.38. The van der Waals surface area contributed by atoms with E-state index in [1.165, 1.54) is 0 Å². The number of hydrogen-bond acceptors (Lipinski definition) is 6. The van der Waals surface area contributed by atoms with Crippen LogP contribution in [-0.2, 0) is 0 Å². The van der Waals surface area contributed by atoms with Crippen molar-refractivity contribution in [3.63, 3.8) is 0 Å². The molecule has 8 nitrogen and oxygen atoms in total. The highest BCUT2D eigenvalue weighted by atomic mass is 16.5. The van der Waals surface area contributed by atoms with E-state index in [0.717, 1.165) is 108 Å². The van der Waals surface area contributed by atoms with E-state index in [4.69, 9.17) is 19.4 Å².